The highest BCUT2D eigenvalue weighted by molar-refractivity contribution is 6.02. The number of nitrogens with one attached hydrogen (secondary N) is 1. The molecule has 0 fully saturated rings. The van der Waals surface area contributed by atoms with Crippen LogP contribution in [0.4, 0.5) is 0 Å². The van der Waals surface area contributed by atoms with E-state index in [2.05, 4.69) is 10.4 Å². The largest absolute Gasteiger partial charge is 0.451 e. The van der Waals surface area contributed by atoms with Gasteiger partial charge in [0.1, 0.15) is 0 Å². The van der Waals surface area contributed by atoms with Gasteiger partial charge in [0.15, 0.2) is 12.3 Å². The summed E-state index contributed by atoms with van der Waals surface area (Å²) in [6.45, 7) is 7.03. The van der Waals surface area contributed by atoms with Crippen LogP contribution in [0.1, 0.15) is 50.6 Å². The molecule has 0 radical (unpaired) electrons. The second-order valence-electron chi connectivity index (χ2n) is 6.19. The van der Waals surface area contributed by atoms with Gasteiger partial charge in [-0.05, 0) is 33.3 Å². The third-order valence-corrected chi connectivity index (χ3v) is 3.87. The predicted molar refractivity (Wildman–Crippen MR) is 94.6 cm³/mol. The van der Waals surface area contributed by atoms with Crippen LogP contribution in [0.2, 0.25) is 0 Å². The second-order valence-corrected chi connectivity index (χ2v) is 6.19. The van der Waals surface area contributed by atoms with Gasteiger partial charge < -0.3 is 10.1 Å². The highest BCUT2D eigenvalue weighted by Gasteiger charge is 2.20. The number of hydrogen-bond acceptors (Lipinski definition) is 5. The molecule has 2 rings (SSSR count). The molecular formula is C18H23N3O4. The van der Waals surface area contributed by atoms with E-state index in [0.29, 0.717) is 10.8 Å². The van der Waals surface area contributed by atoms with Crippen LogP contribution < -0.4 is 10.9 Å². The van der Waals surface area contributed by atoms with Crippen LogP contribution in [-0.4, -0.2) is 34.3 Å². The lowest BCUT2D eigenvalue weighted by Crippen LogP contribution is -2.35. The van der Waals surface area contributed by atoms with Gasteiger partial charge in [-0.3, -0.25) is 9.59 Å². The summed E-state index contributed by atoms with van der Waals surface area (Å²) in [5.41, 5.74) is -0.239. The molecule has 1 aromatic heterocycles. The second kappa shape index (κ2) is 7.92. The lowest BCUT2D eigenvalue weighted by atomic mass is 10.1. The first kappa shape index (κ1) is 18.6. The van der Waals surface area contributed by atoms with Crippen LogP contribution in [0, 0.1) is 0 Å². The zero-order chi connectivity index (χ0) is 18.6. The van der Waals surface area contributed by atoms with Gasteiger partial charge in [-0.1, -0.05) is 25.1 Å². The van der Waals surface area contributed by atoms with E-state index in [4.69, 9.17) is 4.74 Å². The molecule has 25 heavy (non-hydrogen) atoms. The number of amides is 1. The summed E-state index contributed by atoms with van der Waals surface area (Å²) in [4.78, 5) is 36.7. The summed E-state index contributed by atoms with van der Waals surface area (Å²) in [5.74, 6) is -1.10. The van der Waals surface area contributed by atoms with Crippen molar-refractivity contribution in [1.29, 1.82) is 0 Å². The van der Waals surface area contributed by atoms with Gasteiger partial charge in [-0.15, -0.1) is 0 Å². The first-order valence-electron chi connectivity index (χ1n) is 8.33. The van der Waals surface area contributed by atoms with Crippen LogP contribution in [0.25, 0.3) is 10.8 Å². The van der Waals surface area contributed by atoms with Crippen molar-refractivity contribution in [2.75, 3.05) is 6.61 Å². The number of carbonyl (C=O) groups is 2. The van der Waals surface area contributed by atoms with Crippen LogP contribution in [0.15, 0.2) is 29.1 Å². The number of esters is 1. The van der Waals surface area contributed by atoms with Crippen molar-refractivity contribution in [2.45, 2.75) is 46.2 Å². The maximum Gasteiger partial charge on any atom is 0.359 e. The minimum atomic E-state index is -0.732. The predicted octanol–water partition coefficient (Wildman–Crippen LogP) is 2.05. The Labute approximate surface area is 146 Å². The number of carbonyl (C=O) groups excluding carboxylic acids is 2. The summed E-state index contributed by atoms with van der Waals surface area (Å²) in [6, 6.07) is 6.53. The quantitative estimate of drug-likeness (QED) is 0.809. The lowest BCUT2D eigenvalue weighted by Gasteiger charge is -2.14. The zero-order valence-electron chi connectivity index (χ0n) is 14.9. The highest BCUT2D eigenvalue weighted by atomic mass is 16.5. The Kier molecular flexibility index (Phi) is 5.90. The Hall–Kier alpha value is -2.70. The molecule has 0 aliphatic carbocycles. The van der Waals surface area contributed by atoms with Gasteiger partial charge >= 0.3 is 5.97 Å². The zero-order valence-corrected chi connectivity index (χ0v) is 14.9. The van der Waals surface area contributed by atoms with Gasteiger partial charge in [-0.2, -0.15) is 5.10 Å². The number of aromatic nitrogens is 2. The van der Waals surface area contributed by atoms with E-state index >= 15 is 0 Å². The maximum absolute atomic E-state index is 12.4. The van der Waals surface area contributed by atoms with Crippen molar-refractivity contribution >= 4 is 22.6 Å². The van der Waals surface area contributed by atoms with Gasteiger partial charge in [0.2, 0.25) is 0 Å². The van der Waals surface area contributed by atoms with Crippen molar-refractivity contribution < 1.29 is 14.3 Å². The molecule has 0 aliphatic rings. The summed E-state index contributed by atoms with van der Waals surface area (Å²) < 4.78 is 6.34. The monoisotopic (exact) mass is 345 g/mol. The van der Waals surface area contributed by atoms with Gasteiger partial charge in [0.05, 0.1) is 11.4 Å². The molecule has 1 amide bonds. The van der Waals surface area contributed by atoms with Crippen molar-refractivity contribution in [3.63, 3.8) is 0 Å². The molecule has 1 aromatic carbocycles. The first-order chi connectivity index (χ1) is 11.8. The Morgan fingerprint density at radius 2 is 1.84 bits per heavy atom. The normalized spacial score (nSPS) is 12.2. The Bertz CT molecular complexity index is 842. The number of nitrogens with zero attached hydrogens (tertiary/aromatic N) is 2. The minimum Gasteiger partial charge on any atom is -0.451 e. The average Bonchev–Trinajstić information content (AvgIpc) is 2.59. The third kappa shape index (κ3) is 4.23. The molecule has 1 N–H and O–H groups in total. The fourth-order valence-corrected chi connectivity index (χ4v) is 2.33. The van der Waals surface area contributed by atoms with Crippen LogP contribution >= 0.6 is 0 Å². The third-order valence-electron chi connectivity index (χ3n) is 3.87. The van der Waals surface area contributed by atoms with Crippen LogP contribution in [-0.2, 0) is 9.53 Å². The van der Waals surface area contributed by atoms with E-state index in [9.17, 15) is 14.4 Å². The first-order valence-corrected chi connectivity index (χ1v) is 8.33. The van der Waals surface area contributed by atoms with E-state index in [1.807, 2.05) is 13.8 Å². The number of ether oxygens (including phenoxy) is 1. The van der Waals surface area contributed by atoms with Gasteiger partial charge in [-0.25, -0.2) is 9.48 Å². The molecule has 2 aromatic rings. The molecule has 7 nitrogen and oxygen atoms in total. The average molecular weight is 345 g/mol. The fourth-order valence-electron chi connectivity index (χ4n) is 2.33. The van der Waals surface area contributed by atoms with Crippen LogP contribution in [0.5, 0.6) is 0 Å². The van der Waals surface area contributed by atoms with E-state index in [1.165, 1.54) is 4.68 Å². The highest BCUT2D eigenvalue weighted by Crippen LogP contribution is 2.15. The Morgan fingerprint density at radius 3 is 2.44 bits per heavy atom. The Morgan fingerprint density at radius 1 is 1.20 bits per heavy atom. The summed E-state index contributed by atoms with van der Waals surface area (Å²) >= 11 is 0. The molecule has 7 heteroatoms. The Balaban J connectivity index is 2.30. The van der Waals surface area contributed by atoms with Crippen molar-refractivity contribution in [3.8, 4) is 0 Å². The topological polar surface area (TPSA) is 90.3 Å². The molecule has 1 heterocycles. The van der Waals surface area contributed by atoms with E-state index in [-0.39, 0.29) is 35.9 Å². The number of rotatable bonds is 6. The molecule has 134 valence electrons. The van der Waals surface area contributed by atoms with Crippen molar-refractivity contribution in [3.05, 3.63) is 40.3 Å². The molecule has 0 saturated carbocycles. The number of hydrogen-bond donors (Lipinski definition) is 1. The van der Waals surface area contributed by atoms with Gasteiger partial charge in [0, 0.05) is 11.4 Å². The van der Waals surface area contributed by atoms with Crippen molar-refractivity contribution in [2.24, 2.45) is 0 Å². The maximum atomic E-state index is 12.4. The molecule has 0 saturated heterocycles. The molecule has 1 unspecified atom stereocenters. The minimum absolute atomic E-state index is 0.00741. The summed E-state index contributed by atoms with van der Waals surface area (Å²) in [7, 11) is 0. The molecule has 0 aliphatic heterocycles. The smallest absolute Gasteiger partial charge is 0.359 e. The van der Waals surface area contributed by atoms with E-state index < -0.39 is 5.97 Å². The standard InChI is InChI=1S/C18H23N3O4/c1-5-12(4)19-15(22)10-25-18(24)16-13-8-6-7-9-14(13)17(23)21(20-16)11(2)3/h6-9,11-12H,5,10H2,1-4H3,(H,19,22). The number of benzene rings is 1. The molecule has 0 bridgehead atoms. The van der Waals surface area contributed by atoms with Gasteiger partial charge in [0.25, 0.3) is 11.5 Å². The van der Waals surface area contributed by atoms with Crippen molar-refractivity contribution in [1.82, 2.24) is 15.1 Å². The molecular weight excluding hydrogens is 322 g/mol. The fraction of sp³-hybridized carbons (Fsp3) is 0.444. The van der Waals surface area contributed by atoms with E-state index in [0.717, 1.165) is 6.42 Å². The summed E-state index contributed by atoms with van der Waals surface area (Å²) in [6.07, 6.45) is 0.783. The molecule has 0 spiro atoms. The SMILES string of the molecule is CCC(C)NC(=O)COC(=O)c1nn(C(C)C)c(=O)c2ccccc12. The summed E-state index contributed by atoms with van der Waals surface area (Å²) in [5, 5.41) is 7.68. The van der Waals surface area contributed by atoms with E-state index in [1.54, 1.807) is 38.1 Å². The van der Waals surface area contributed by atoms with Crippen LogP contribution in [0.3, 0.4) is 0 Å². The lowest BCUT2D eigenvalue weighted by molar-refractivity contribution is -0.124. The number of fused-ring (bicyclic) bond motifs is 1. The molecule has 1 atom stereocenters.